The number of rotatable bonds is 7. The maximum Gasteiger partial charge on any atom is 0.314 e. The Bertz CT molecular complexity index is 259. The Balaban J connectivity index is 4.88. The van der Waals surface area contributed by atoms with Crippen molar-refractivity contribution in [2.75, 3.05) is 13.7 Å². The second kappa shape index (κ2) is 6.19. The molecule has 2 N–H and O–H groups in total. The summed E-state index contributed by atoms with van der Waals surface area (Å²) in [4.78, 5) is 21.7. The smallest absolute Gasteiger partial charge is 0.314 e. The molecule has 5 heteroatoms. The Morgan fingerprint density at radius 3 is 2.33 bits per heavy atom. The molecule has 0 aromatic rings. The van der Waals surface area contributed by atoms with Crippen molar-refractivity contribution < 1.29 is 24.5 Å². The molecule has 1 atom stereocenters. The molecule has 0 radical (unpaired) electrons. The van der Waals surface area contributed by atoms with E-state index in [0.717, 1.165) is 0 Å². The van der Waals surface area contributed by atoms with Gasteiger partial charge >= 0.3 is 11.9 Å². The predicted molar refractivity (Wildman–Crippen MR) is 53.6 cm³/mol. The summed E-state index contributed by atoms with van der Waals surface area (Å²) in [7, 11) is 1.45. The summed E-state index contributed by atoms with van der Waals surface area (Å²) in [6.45, 7) is 1.87. The van der Waals surface area contributed by atoms with Gasteiger partial charge in [-0.1, -0.05) is 12.2 Å². The second-order valence-electron chi connectivity index (χ2n) is 3.27. The van der Waals surface area contributed by atoms with E-state index in [1.807, 2.05) is 0 Å². The highest BCUT2D eigenvalue weighted by atomic mass is 16.5. The fourth-order valence-electron chi connectivity index (χ4n) is 1.36. The van der Waals surface area contributed by atoms with Crippen LogP contribution >= 0.6 is 0 Å². The van der Waals surface area contributed by atoms with Crippen LogP contribution in [0, 0.1) is 5.41 Å². The zero-order valence-corrected chi connectivity index (χ0v) is 8.90. The first kappa shape index (κ1) is 13.6. The molecule has 0 spiro atoms. The summed E-state index contributed by atoms with van der Waals surface area (Å²) in [6.07, 6.45) is 2.67. The first-order valence-corrected chi connectivity index (χ1v) is 4.56. The average molecular weight is 216 g/mol. The molecule has 0 aliphatic heterocycles. The first-order valence-electron chi connectivity index (χ1n) is 4.56. The molecule has 0 amide bonds. The second-order valence-corrected chi connectivity index (χ2v) is 3.27. The van der Waals surface area contributed by atoms with Crippen LogP contribution in [0.1, 0.15) is 19.8 Å². The van der Waals surface area contributed by atoms with Gasteiger partial charge in [0.15, 0.2) is 0 Å². The van der Waals surface area contributed by atoms with E-state index in [0.29, 0.717) is 0 Å². The summed E-state index contributed by atoms with van der Waals surface area (Å²) in [5.74, 6) is -2.27. The maximum absolute atomic E-state index is 11.1. The van der Waals surface area contributed by atoms with Crippen molar-refractivity contribution in [1.29, 1.82) is 0 Å². The SMILES string of the molecule is CC=CC(CCOC)(CC(=O)O)C(=O)O. The van der Waals surface area contributed by atoms with Gasteiger partial charge in [-0.25, -0.2) is 0 Å². The molecular weight excluding hydrogens is 200 g/mol. The first-order chi connectivity index (χ1) is 6.98. The number of hydrogen-bond acceptors (Lipinski definition) is 3. The highest BCUT2D eigenvalue weighted by Gasteiger charge is 2.37. The predicted octanol–water partition coefficient (Wildman–Crippen LogP) is 1.14. The quantitative estimate of drug-likeness (QED) is 0.623. The molecule has 5 nitrogen and oxygen atoms in total. The van der Waals surface area contributed by atoms with Gasteiger partial charge in [0.1, 0.15) is 0 Å². The minimum atomic E-state index is -1.36. The van der Waals surface area contributed by atoms with Crippen LogP contribution in [0.3, 0.4) is 0 Å². The fourth-order valence-corrected chi connectivity index (χ4v) is 1.36. The van der Waals surface area contributed by atoms with Crippen molar-refractivity contribution in [3.8, 4) is 0 Å². The van der Waals surface area contributed by atoms with Gasteiger partial charge in [-0.15, -0.1) is 0 Å². The average Bonchev–Trinajstić information content (AvgIpc) is 2.13. The van der Waals surface area contributed by atoms with E-state index in [9.17, 15) is 9.59 Å². The Hall–Kier alpha value is -1.36. The Morgan fingerprint density at radius 2 is 2.00 bits per heavy atom. The van der Waals surface area contributed by atoms with E-state index < -0.39 is 23.8 Å². The third-order valence-electron chi connectivity index (χ3n) is 2.13. The molecule has 15 heavy (non-hydrogen) atoms. The van der Waals surface area contributed by atoms with Crippen LogP contribution in [0.4, 0.5) is 0 Å². The van der Waals surface area contributed by atoms with Crippen molar-refractivity contribution in [3.05, 3.63) is 12.2 Å². The number of ether oxygens (including phenoxy) is 1. The highest BCUT2D eigenvalue weighted by molar-refractivity contribution is 5.83. The number of carboxylic acids is 2. The molecule has 0 bridgehead atoms. The molecule has 0 saturated heterocycles. The molecule has 0 saturated carbocycles. The summed E-state index contributed by atoms with van der Waals surface area (Å²) in [6, 6.07) is 0. The highest BCUT2D eigenvalue weighted by Crippen LogP contribution is 2.29. The summed E-state index contributed by atoms with van der Waals surface area (Å²) in [5, 5.41) is 17.7. The number of aliphatic carboxylic acids is 2. The van der Waals surface area contributed by atoms with Crippen LogP contribution in [0.5, 0.6) is 0 Å². The third-order valence-corrected chi connectivity index (χ3v) is 2.13. The molecule has 0 aromatic carbocycles. The molecule has 86 valence electrons. The van der Waals surface area contributed by atoms with Crippen LogP contribution in [-0.2, 0) is 14.3 Å². The van der Waals surface area contributed by atoms with Gasteiger partial charge in [-0.05, 0) is 13.3 Å². The van der Waals surface area contributed by atoms with Gasteiger partial charge < -0.3 is 14.9 Å². The van der Waals surface area contributed by atoms with Crippen LogP contribution < -0.4 is 0 Å². The third kappa shape index (κ3) is 4.12. The van der Waals surface area contributed by atoms with E-state index in [2.05, 4.69) is 0 Å². The molecular formula is C10H16O5. The lowest BCUT2D eigenvalue weighted by Crippen LogP contribution is -2.33. The van der Waals surface area contributed by atoms with Crippen molar-refractivity contribution >= 4 is 11.9 Å². The van der Waals surface area contributed by atoms with Crippen molar-refractivity contribution in [2.45, 2.75) is 19.8 Å². The number of carboxylic acid groups (broad SMARTS) is 2. The largest absolute Gasteiger partial charge is 0.481 e. The number of allylic oxidation sites excluding steroid dienone is 1. The normalized spacial score (nSPS) is 15.1. The maximum atomic E-state index is 11.1. The minimum Gasteiger partial charge on any atom is -0.481 e. The summed E-state index contributed by atoms with van der Waals surface area (Å²) < 4.78 is 4.79. The fraction of sp³-hybridized carbons (Fsp3) is 0.600. The van der Waals surface area contributed by atoms with E-state index in [-0.39, 0.29) is 13.0 Å². The molecule has 0 rings (SSSR count). The van der Waals surface area contributed by atoms with Gasteiger partial charge in [0.05, 0.1) is 11.8 Å². The molecule has 0 aliphatic rings. The zero-order chi connectivity index (χ0) is 11.9. The van der Waals surface area contributed by atoms with E-state index in [1.165, 1.54) is 13.2 Å². The lowest BCUT2D eigenvalue weighted by molar-refractivity contribution is -0.153. The van der Waals surface area contributed by atoms with Gasteiger partial charge in [0, 0.05) is 13.7 Å². The van der Waals surface area contributed by atoms with Crippen LogP contribution in [0.25, 0.3) is 0 Å². The summed E-state index contributed by atoms with van der Waals surface area (Å²) >= 11 is 0. The Kier molecular flexibility index (Phi) is 5.62. The summed E-state index contributed by atoms with van der Waals surface area (Å²) in [5.41, 5.74) is -1.36. The molecule has 1 unspecified atom stereocenters. The number of methoxy groups -OCH3 is 1. The molecule has 0 aromatic heterocycles. The lowest BCUT2D eigenvalue weighted by Gasteiger charge is -2.23. The Morgan fingerprint density at radius 1 is 1.40 bits per heavy atom. The van der Waals surface area contributed by atoms with Crippen molar-refractivity contribution in [3.63, 3.8) is 0 Å². The zero-order valence-electron chi connectivity index (χ0n) is 8.90. The van der Waals surface area contributed by atoms with Crippen LogP contribution in [0.2, 0.25) is 0 Å². The van der Waals surface area contributed by atoms with Gasteiger partial charge in [0.2, 0.25) is 0 Å². The van der Waals surface area contributed by atoms with Crippen molar-refractivity contribution in [1.82, 2.24) is 0 Å². The van der Waals surface area contributed by atoms with Gasteiger partial charge in [0.25, 0.3) is 0 Å². The van der Waals surface area contributed by atoms with Gasteiger partial charge in [-0.3, -0.25) is 9.59 Å². The van der Waals surface area contributed by atoms with Crippen LogP contribution in [-0.4, -0.2) is 35.9 Å². The van der Waals surface area contributed by atoms with E-state index in [4.69, 9.17) is 14.9 Å². The van der Waals surface area contributed by atoms with E-state index >= 15 is 0 Å². The minimum absolute atomic E-state index is 0.148. The standard InChI is InChI=1S/C10H16O5/c1-3-4-10(9(13)14,5-6-15-2)7-8(11)12/h3-4H,5-7H2,1-2H3,(H,11,12)(H,13,14). The molecule has 0 aliphatic carbocycles. The monoisotopic (exact) mass is 216 g/mol. The van der Waals surface area contributed by atoms with E-state index in [1.54, 1.807) is 13.0 Å². The van der Waals surface area contributed by atoms with Crippen molar-refractivity contribution in [2.24, 2.45) is 5.41 Å². The number of hydrogen-bond donors (Lipinski definition) is 2. The molecule has 0 fully saturated rings. The Labute approximate surface area is 88.4 Å². The number of carbonyl (C=O) groups is 2. The van der Waals surface area contributed by atoms with Crippen LogP contribution in [0.15, 0.2) is 12.2 Å². The topological polar surface area (TPSA) is 83.8 Å². The van der Waals surface area contributed by atoms with Gasteiger partial charge in [-0.2, -0.15) is 0 Å². The lowest BCUT2D eigenvalue weighted by atomic mass is 9.81. The molecule has 0 heterocycles.